The number of aryl methyl sites for hydroxylation is 1. The van der Waals surface area contributed by atoms with Crippen LogP contribution in [-0.2, 0) is 25.4 Å². The monoisotopic (exact) mass is 495 g/mol. The maximum Gasteiger partial charge on any atom is 0.331 e. The maximum absolute atomic E-state index is 13.4. The Bertz CT molecular complexity index is 1480. The average molecular weight is 496 g/mol. The van der Waals surface area contributed by atoms with Crippen molar-refractivity contribution in [2.24, 2.45) is 14.1 Å². The van der Waals surface area contributed by atoms with Crippen LogP contribution < -0.4 is 16.0 Å². The molecule has 0 N–H and O–H groups in total. The van der Waals surface area contributed by atoms with Gasteiger partial charge in [0.15, 0.2) is 0 Å². The zero-order valence-electron chi connectivity index (χ0n) is 18.0. The van der Waals surface area contributed by atoms with Gasteiger partial charge in [0.1, 0.15) is 11.9 Å². The summed E-state index contributed by atoms with van der Waals surface area (Å²) >= 11 is 3.65. The van der Waals surface area contributed by atoms with Gasteiger partial charge in [0.05, 0.1) is 36.0 Å². The lowest BCUT2D eigenvalue weighted by Gasteiger charge is -2.28. The number of fused-ring (bicyclic) bond motifs is 3. The number of rotatable bonds is 3. The molecule has 1 atom stereocenters. The van der Waals surface area contributed by atoms with Gasteiger partial charge in [-0.1, -0.05) is 52.3 Å². The van der Waals surface area contributed by atoms with Crippen LogP contribution in [0.2, 0.25) is 0 Å². The molecule has 0 bridgehead atoms. The van der Waals surface area contributed by atoms with Crippen LogP contribution in [0.3, 0.4) is 0 Å². The minimum atomic E-state index is -0.489. The van der Waals surface area contributed by atoms with E-state index in [1.807, 2.05) is 48.5 Å². The lowest BCUT2D eigenvalue weighted by Crippen LogP contribution is -2.37. The number of hydrogen-bond donors (Lipinski definition) is 0. The van der Waals surface area contributed by atoms with E-state index in [4.69, 9.17) is 9.47 Å². The highest BCUT2D eigenvalue weighted by Gasteiger charge is 2.34. The molecule has 0 saturated carbocycles. The van der Waals surface area contributed by atoms with Gasteiger partial charge in [-0.2, -0.15) is 0 Å². The van der Waals surface area contributed by atoms with E-state index in [1.165, 1.54) is 7.05 Å². The molecule has 0 radical (unpaired) electrons. The molecule has 5 rings (SSSR count). The fraction of sp³-hybridized carbons (Fsp3) is 0.250. The molecule has 4 aromatic rings. The fourth-order valence-electron chi connectivity index (χ4n) is 4.63. The molecule has 32 heavy (non-hydrogen) atoms. The topological polar surface area (TPSA) is 67.4 Å². The Hall–Kier alpha value is -3.10. The summed E-state index contributed by atoms with van der Waals surface area (Å²) < 4.78 is 17.5. The number of hydrogen-bond acceptors (Lipinski definition) is 4. The highest BCUT2D eigenvalue weighted by atomic mass is 79.9. The lowest BCUT2D eigenvalue weighted by molar-refractivity contribution is 0.0464. The van der Waals surface area contributed by atoms with Crippen LogP contribution in [0.4, 0.5) is 0 Å². The van der Waals surface area contributed by atoms with Crippen molar-refractivity contribution in [2.75, 3.05) is 13.7 Å². The summed E-state index contributed by atoms with van der Waals surface area (Å²) in [6, 6.07) is 15.5. The van der Waals surface area contributed by atoms with Crippen molar-refractivity contribution in [3.63, 3.8) is 0 Å². The molecular weight excluding hydrogens is 474 g/mol. The third kappa shape index (κ3) is 2.90. The molecule has 1 unspecified atom stereocenters. The fourth-order valence-corrected chi connectivity index (χ4v) is 5.11. The van der Waals surface area contributed by atoms with E-state index in [0.29, 0.717) is 29.8 Å². The minimum absolute atomic E-state index is 0.325. The van der Waals surface area contributed by atoms with Crippen molar-refractivity contribution in [2.45, 2.75) is 12.6 Å². The van der Waals surface area contributed by atoms with Gasteiger partial charge in [-0.3, -0.25) is 13.9 Å². The van der Waals surface area contributed by atoms with E-state index in [-0.39, 0.29) is 11.2 Å². The predicted molar refractivity (Wildman–Crippen MR) is 126 cm³/mol. The SMILES string of the molecule is COc1ccccc1C1OCCn2c(-c3ccccc3Br)c3c(=O)n(C)c(=O)n(C)c3c21. The first-order chi connectivity index (χ1) is 15.5. The normalized spacial score (nSPS) is 15.7. The summed E-state index contributed by atoms with van der Waals surface area (Å²) in [5, 5.41) is 0.502. The van der Waals surface area contributed by atoms with Gasteiger partial charge in [-0.25, -0.2) is 4.79 Å². The first kappa shape index (κ1) is 20.8. The molecule has 0 aliphatic carbocycles. The number of halogens is 1. The predicted octanol–water partition coefficient (Wildman–Crippen LogP) is 3.60. The van der Waals surface area contributed by atoms with Crippen molar-refractivity contribution in [1.29, 1.82) is 0 Å². The van der Waals surface area contributed by atoms with E-state index in [2.05, 4.69) is 20.5 Å². The van der Waals surface area contributed by atoms with Crippen molar-refractivity contribution < 1.29 is 9.47 Å². The Morgan fingerprint density at radius 3 is 2.50 bits per heavy atom. The number of methoxy groups -OCH3 is 1. The summed E-state index contributed by atoms with van der Waals surface area (Å²) in [6.07, 6.45) is -0.489. The molecule has 7 nitrogen and oxygen atoms in total. The Morgan fingerprint density at radius 1 is 1.03 bits per heavy atom. The molecule has 0 saturated heterocycles. The first-order valence-corrected chi connectivity index (χ1v) is 11.1. The minimum Gasteiger partial charge on any atom is -0.496 e. The second kappa shape index (κ2) is 7.79. The standard InChI is InChI=1S/C24H22BrN3O4/c1-26-20-18(23(29)27(2)24(26)30)19(14-8-4-6-10-16(14)25)28-12-13-32-22(21(20)28)15-9-5-7-11-17(15)31-3/h4-11,22H,12-13H2,1-3H3. The van der Waals surface area contributed by atoms with Crippen molar-refractivity contribution in [3.05, 3.63) is 85.1 Å². The van der Waals surface area contributed by atoms with E-state index in [9.17, 15) is 9.59 Å². The van der Waals surface area contributed by atoms with Crippen LogP contribution in [-0.4, -0.2) is 27.4 Å². The third-order valence-corrected chi connectivity index (χ3v) is 6.79. The van der Waals surface area contributed by atoms with Crippen LogP contribution >= 0.6 is 15.9 Å². The lowest BCUT2D eigenvalue weighted by atomic mass is 10.0. The summed E-state index contributed by atoms with van der Waals surface area (Å²) in [5.41, 5.74) is 3.18. The van der Waals surface area contributed by atoms with Gasteiger partial charge in [-0.05, 0) is 12.1 Å². The quantitative estimate of drug-likeness (QED) is 0.435. The van der Waals surface area contributed by atoms with Crippen molar-refractivity contribution in [3.8, 4) is 17.0 Å². The largest absolute Gasteiger partial charge is 0.496 e. The molecule has 3 heterocycles. The second-order valence-electron chi connectivity index (χ2n) is 7.79. The summed E-state index contributed by atoms with van der Waals surface area (Å²) in [5.74, 6) is 0.691. The number of para-hydroxylation sites is 1. The van der Waals surface area contributed by atoms with Gasteiger partial charge in [0.25, 0.3) is 5.56 Å². The van der Waals surface area contributed by atoms with Gasteiger partial charge in [-0.15, -0.1) is 0 Å². The van der Waals surface area contributed by atoms with Gasteiger partial charge in [0.2, 0.25) is 0 Å². The molecule has 0 spiro atoms. The van der Waals surface area contributed by atoms with E-state index >= 15 is 0 Å². The first-order valence-electron chi connectivity index (χ1n) is 10.3. The summed E-state index contributed by atoms with van der Waals surface area (Å²) in [7, 11) is 4.83. The molecular formula is C24H22BrN3O4. The third-order valence-electron chi connectivity index (χ3n) is 6.10. The van der Waals surface area contributed by atoms with Crippen LogP contribution in [0, 0.1) is 0 Å². The number of aromatic nitrogens is 3. The van der Waals surface area contributed by atoms with Gasteiger partial charge >= 0.3 is 5.69 Å². The van der Waals surface area contributed by atoms with E-state index in [0.717, 1.165) is 31.6 Å². The Kier molecular flexibility index (Phi) is 5.06. The molecule has 1 aliphatic rings. The van der Waals surface area contributed by atoms with Crippen molar-refractivity contribution in [1.82, 2.24) is 13.7 Å². The number of nitrogens with zero attached hydrogens (tertiary/aromatic N) is 3. The number of benzene rings is 2. The summed E-state index contributed by atoms with van der Waals surface area (Å²) in [6.45, 7) is 1.02. The molecule has 2 aromatic heterocycles. The smallest absolute Gasteiger partial charge is 0.331 e. The van der Waals surface area contributed by atoms with Crippen LogP contribution in [0.25, 0.3) is 22.2 Å². The molecule has 8 heteroatoms. The summed E-state index contributed by atoms with van der Waals surface area (Å²) in [4.78, 5) is 26.4. The van der Waals surface area contributed by atoms with Gasteiger partial charge in [0, 0.05) is 36.2 Å². The molecule has 164 valence electrons. The average Bonchev–Trinajstić information content (AvgIpc) is 3.17. The van der Waals surface area contributed by atoms with E-state index < -0.39 is 6.10 Å². The second-order valence-corrected chi connectivity index (χ2v) is 8.64. The molecule has 2 aromatic carbocycles. The highest BCUT2D eigenvalue weighted by Crippen LogP contribution is 2.43. The molecule has 0 fully saturated rings. The number of ether oxygens (including phenoxy) is 2. The Morgan fingerprint density at radius 2 is 1.75 bits per heavy atom. The zero-order chi connectivity index (χ0) is 22.6. The molecule has 1 aliphatic heterocycles. The zero-order valence-corrected chi connectivity index (χ0v) is 19.5. The Balaban J connectivity index is 1.98. The Labute approximate surface area is 192 Å². The van der Waals surface area contributed by atoms with Crippen molar-refractivity contribution >= 4 is 26.8 Å². The van der Waals surface area contributed by atoms with Crippen LogP contribution in [0.5, 0.6) is 5.75 Å². The van der Waals surface area contributed by atoms with Crippen LogP contribution in [0.15, 0.2) is 62.6 Å². The van der Waals surface area contributed by atoms with Crippen LogP contribution in [0.1, 0.15) is 17.4 Å². The highest BCUT2D eigenvalue weighted by molar-refractivity contribution is 9.10. The van der Waals surface area contributed by atoms with E-state index in [1.54, 1.807) is 18.7 Å². The maximum atomic E-state index is 13.4. The molecule has 0 amide bonds. The van der Waals surface area contributed by atoms with Gasteiger partial charge < -0.3 is 14.0 Å².